The first-order valence-corrected chi connectivity index (χ1v) is 9.35. The van der Waals surface area contributed by atoms with Crippen molar-refractivity contribution < 1.29 is 9.90 Å². The Hall–Kier alpha value is -0.530. The van der Waals surface area contributed by atoms with E-state index in [4.69, 9.17) is 0 Å². The van der Waals surface area contributed by atoms with Gasteiger partial charge in [-0.25, -0.2) is 0 Å². The summed E-state index contributed by atoms with van der Waals surface area (Å²) in [6, 6.07) is 0. The fraction of sp³-hybridized carbons (Fsp3) is 0.947. The van der Waals surface area contributed by atoms with E-state index in [0.717, 1.165) is 43.9 Å². The third-order valence-electron chi connectivity index (χ3n) is 6.53. The Morgan fingerprint density at radius 2 is 1.81 bits per heavy atom. The summed E-state index contributed by atoms with van der Waals surface area (Å²) in [5, 5.41) is 9.96. The predicted octanol–water partition coefficient (Wildman–Crippen LogP) is 5.65. The minimum Gasteiger partial charge on any atom is -0.481 e. The quantitative estimate of drug-likeness (QED) is 0.687. The molecule has 2 heteroatoms. The molecule has 0 amide bonds. The number of carboxylic acids is 1. The summed E-state index contributed by atoms with van der Waals surface area (Å²) in [4.78, 5) is 12.1. The summed E-state index contributed by atoms with van der Waals surface area (Å²) >= 11 is 0. The molecule has 0 aliphatic heterocycles. The van der Waals surface area contributed by atoms with Gasteiger partial charge < -0.3 is 5.11 Å². The molecule has 0 bridgehead atoms. The van der Waals surface area contributed by atoms with Crippen molar-refractivity contribution in [1.82, 2.24) is 0 Å². The fourth-order valence-corrected chi connectivity index (χ4v) is 4.93. The lowest BCUT2D eigenvalue weighted by atomic mass is 9.58. The van der Waals surface area contributed by atoms with Gasteiger partial charge >= 0.3 is 5.97 Å². The van der Waals surface area contributed by atoms with E-state index in [1.807, 2.05) is 0 Å². The highest BCUT2D eigenvalue weighted by Gasteiger charge is 2.48. The summed E-state index contributed by atoms with van der Waals surface area (Å²) < 4.78 is 0. The second-order valence-electron chi connectivity index (χ2n) is 7.68. The number of hydrogen-bond acceptors (Lipinski definition) is 1. The molecule has 2 nitrogen and oxygen atoms in total. The van der Waals surface area contributed by atoms with Crippen molar-refractivity contribution in [2.24, 2.45) is 23.2 Å². The minimum atomic E-state index is -0.488. The second-order valence-corrected chi connectivity index (χ2v) is 7.68. The fourth-order valence-electron chi connectivity index (χ4n) is 4.93. The number of aliphatic carboxylic acids is 1. The molecular formula is C19H34O2. The maximum Gasteiger partial charge on any atom is 0.309 e. The summed E-state index contributed by atoms with van der Waals surface area (Å²) in [7, 11) is 0. The van der Waals surface area contributed by atoms with Gasteiger partial charge in [0, 0.05) is 0 Å². The second kappa shape index (κ2) is 7.65. The van der Waals surface area contributed by atoms with Crippen LogP contribution in [0.1, 0.15) is 90.9 Å². The highest BCUT2D eigenvalue weighted by atomic mass is 16.4. The summed E-state index contributed by atoms with van der Waals surface area (Å²) in [6.07, 6.45) is 14.2. The van der Waals surface area contributed by atoms with Gasteiger partial charge in [0.05, 0.1) is 5.41 Å². The molecular weight excluding hydrogens is 260 g/mol. The zero-order chi connectivity index (χ0) is 15.3. The van der Waals surface area contributed by atoms with E-state index in [1.165, 1.54) is 44.9 Å². The van der Waals surface area contributed by atoms with Gasteiger partial charge in [-0.05, 0) is 56.3 Å². The molecule has 0 heterocycles. The molecule has 2 rings (SSSR count). The van der Waals surface area contributed by atoms with Crippen LogP contribution in [0, 0.1) is 23.2 Å². The molecule has 0 spiro atoms. The van der Waals surface area contributed by atoms with Crippen molar-refractivity contribution in [2.45, 2.75) is 90.9 Å². The topological polar surface area (TPSA) is 37.3 Å². The van der Waals surface area contributed by atoms with Gasteiger partial charge in [0.25, 0.3) is 0 Å². The maximum atomic E-state index is 12.1. The van der Waals surface area contributed by atoms with Gasteiger partial charge in [0.2, 0.25) is 0 Å². The van der Waals surface area contributed by atoms with E-state index in [-0.39, 0.29) is 5.41 Å². The van der Waals surface area contributed by atoms with Crippen LogP contribution in [0.4, 0.5) is 0 Å². The molecule has 0 radical (unpaired) electrons. The van der Waals surface area contributed by atoms with Crippen molar-refractivity contribution in [1.29, 1.82) is 0 Å². The summed E-state index contributed by atoms with van der Waals surface area (Å²) in [5.74, 6) is 1.53. The molecule has 2 aliphatic carbocycles. The third kappa shape index (κ3) is 3.81. The molecule has 2 saturated carbocycles. The minimum absolute atomic E-state index is 0.378. The third-order valence-corrected chi connectivity index (χ3v) is 6.53. The van der Waals surface area contributed by atoms with Crippen molar-refractivity contribution in [3.05, 3.63) is 0 Å². The molecule has 0 saturated heterocycles. The van der Waals surface area contributed by atoms with Crippen molar-refractivity contribution in [2.75, 3.05) is 0 Å². The number of carbonyl (C=O) groups is 1. The van der Waals surface area contributed by atoms with Gasteiger partial charge in [0.1, 0.15) is 0 Å². The molecule has 0 aromatic rings. The molecule has 0 aromatic carbocycles. The Labute approximate surface area is 130 Å². The van der Waals surface area contributed by atoms with Crippen LogP contribution < -0.4 is 0 Å². The smallest absolute Gasteiger partial charge is 0.309 e. The molecule has 0 aromatic heterocycles. The van der Waals surface area contributed by atoms with Crippen LogP contribution in [-0.2, 0) is 4.79 Å². The van der Waals surface area contributed by atoms with Crippen molar-refractivity contribution in [3.63, 3.8) is 0 Å². The van der Waals surface area contributed by atoms with Gasteiger partial charge in [-0.2, -0.15) is 0 Å². The maximum absolute atomic E-state index is 12.1. The van der Waals surface area contributed by atoms with Crippen LogP contribution in [0.3, 0.4) is 0 Å². The Morgan fingerprint density at radius 1 is 1.10 bits per heavy atom. The zero-order valence-electron chi connectivity index (χ0n) is 14.1. The van der Waals surface area contributed by atoms with Crippen molar-refractivity contribution >= 4 is 5.97 Å². The van der Waals surface area contributed by atoms with E-state index in [2.05, 4.69) is 13.8 Å². The van der Waals surface area contributed by atoms with E-state index < -0.39 is 5.97 Å². The van der Waals surface area contributed by atoms with E-state index >= 15 is 0 Å². The highest BCUT2D eigenvalue weighted by molar-refractivity contribution is 5.75. The largest absolute Gasteiger partial charge is 0.481 e. The number of rotatable bonds is 6. The number of hydrogen-bond donors (Lipinski definition) is 1. The number of carboxylic acid groups (broad SMARTS) is 1. The van der Waals surface area contributed by atoms with E-state index in [1.54, 1.807) is 0 Å². The lowest BCUT2D eigenvalue weighted by Gasteiger charge is -2.45. The lowest BCUT2D eigenvalue weighted by molar-refractivity contribution is -0.158. The zero-order valence-corrected chi connectivity index (χ0v) is 14.1. The summed E-state index contributed by atoms with van der Waals surface area (Å²) in [5.41, 5.74) is -0.378. The molecule has 2 fully saturated rings. The monoisotopic (exact) mass is 294 g/mol. The van der Waals surface area contributed by atoms with Crippen LogP contribution in [0.5, 0.6) is 0 Å². The SMILES string of the molecule is CCCCC1CCC(C(=O)O)(C2CCCC(CC)C2)CC1. The van der Waals surface area contributed by atoms with Gasteiger partial charge in [-0.1, -0.05) is 52.4 Å². The van der Waals surface area contributed by atoms with Gasteiger partial charge in [-0.3, -0.25) is 4.79 Å². The molecule has 2 unspecified atom stereocenters. The molecule has 2 atom stereocenters. The van der Waals surface area contributed by atoms with E-state index in [0.29, 0.717) is 5.92 Å². The highest BCUT2D eigenvalue weighted by Crippen LogP contribution is 2.51. The Balaban J connectivity index is 2.00. The molecule has 21 heavy (non-hydrogen) atoms. The van der Waals surface area contributed by atoms with Gasteiger partial charge in [-0.15, -0.1) is 0 Å². The predicted molar refractivity (Wildman–Crippen MR) is 87.3 cm³/mol. The Morgan fingerprint density at radius 3 is 2.38 bits per heavy atom. The van der Waals surface area contributed by atoms with Crippen LogP contribution in [-0.4, -0.2) is 11.1 Å². The average Bonchev–Trinajstić information content (AvgIpc) is 2.53. The molecule has 1 N–H and O–H groups in total. The normalized spacial score (nSPS) is 37.3. The molecule has 2 aliphatic rings. The van der Waals surface area contributed by atoms with Gasteiger partial charge in [0.15, 0.2) is 0 Å². The molecule has 122 valence electrons. The van der Waals surface area contributed by atoms with E-state index in [9.17, 15) is 9.90 Å². The lowest BCUT2D eigenvalue weighted by Crippen LogP contribution is -2.43. The first kappa shape index (κ1) is 16.8. The average molecular weight is 294 g/mol. The first-order chi connectivity index (χ1) is 10.1. The summed E-state index contributed by atoms with van der Waals surface area (Å²) in [6.45, 7) is 4.51. The Kier molecular flexibility index (Phi) is 6.13. The van der Waals surface area contributed by atoms with Crippen LogP contribution in [0.15, 0.2) is 0 Å². The van der Waals surface area contributed by atoms with Crippen molar-refractivity contribution in [3.8, 4) is 0 Å². The first-order valence-electron chi connectivity index (χ1n) is 9.35. The van der Waals surface area contributed by atoms with Crippen LogP contribution in [0.2, 0.25) is 0 Å². The number of unbranched alkanes of at least 4 members (excludes halogenated alkanes) is 1. The standard InChI is InChI=1S/C19H34O2/c1-3-5-7-16-10-12-19(13-11-16,18(20)21)17-9-6-8-15(4-2)14-17/h15-17H,3-14H2,1-2H3,(H,20,21). The van der Waals surface area contributed by atoms with Crippen LogP contribution in [0.25, 0.3) is 0 Å². The van der Waals surface area contributed by atoms with Crippen LogP contribution >= 0.6 is 0 Å². The Bertz CT molecular complexity index is 328.